The van der Waals surface area contributed by atoms with Crippen LogP contribution < -0.4 is 0 Å². The minimum atomic E-state index is -0.381. The van der Waals surface area contributed by atoms with Gasteiger partial charge in [0.15, 0.2) is 0 Å². The Bertz CT molecular complexity index is 500. The van der Waals surface area contributed by atoms with E-state index in [9.17, 15) is 10.2 Å². The molecule has 2 nitrogen and oxygen atoms in total. The highest BCUT2D eigenvalue weighted by molar-refractivity contribution is 9.11. The molecule has 0 saturated heterocycles. The quantitative estimate of drug-likeness (QED) is 0.429. The molecule has 0 bridgehead atoms. The molecule has 2 fully saturated rings. The van der Waals surface area contributed by atoms with Gasteiger partial charge in [-0.2, -0.15) is 0 Å². The Morgan fingerprint density at radius 1 is 1.42 bits per heavy atom. The smallest absolute Gasteiger partial charge is 0.0642 e. The van der Waals surface area contributed by atoms with Gasteiger partial charge in [0.1, 0.15) is 0 Å². The summed E-state index contributed by atoms with van der Waals surface area (Å²) in [5.41, 5.74) is 2.78. The summed E-state index contributed by atoms with van der Waals surface area (Å²) in [4.78, 5) is 2.18. The molecule has 2 aliphatic carbocycles. The van der Waals surface area contributed by atoms with Crippen LogP contribution in [0, 0.1) is 29.1 Å². The average Bonchev–Trinajstić information content (AvgIpc) is 2.98. The first-order chi connectivity index (χ1) is 12.4. The van der Waals surface area contributed by atoms with Crippen molar-refractivity contribution in [2.45, 2.75) is 84.7 Å². The van der Waals surface area contributed by atoms with Crippen LogP contribution in [-0.2, 0) is 0 Å². The maximum absolute atomic E-state index is 11.0. The molecule has 150 valence electrons. The van der Waals surface area contributed by atoms with Crippen LogP contribution in [0.1, 0.15) is 78.6 Å². The van der Waals surface area contributed by atoms with Gasteiger partial charge in [-0.15, -0.1) is 0 Å². The Balaban J connectivity index is 2.06. The molecule has 3 heteroatoms. The monoisotopic (exact) mass is 426 g/mol. The zero-order valence-electron chi connectivity index (χ0n) is 17.0. The van der Waals surface area contributed by atoms with Gasteiger partial charge in [0.25, 0.3) is 0 Å². The molecular weight excluding hydrogens is 388 g/mol. The third kappa shape index (κ3) is 4.64. The summed E-state index contributed by atoms with van der Waals surface area (Å²) in [6.07, 6.45) is 9.99. The lowest BCUT2D eigenvalue weighted by Crippen LogP contribution is -2.37. The van der Waals surface area contributed by atoms with E-state index >= 15 is 0 Å². The second-order valence-electron chi connectivity index (χ2n) is 9.13. The van der Waals surface area contributed by atoms with Crippen LogP contribution in [0.15, 0.2) is 22.7 Å². The maximum Gasteiger partial charge on any atom is 0.0642 e. The fourth-order valence-corrected chi connectivity index (χ4v) is 6.61. The van der Waals surface area contributed by atoms with Crippen LogP contribution in [0.4, 0.5) is 0 Å². The van der Waals surface area contributed by atoms with Crippen molar-refractivity contribution in [2.75, 3.05) is 6.61 Å². The molecule has 0 spiro atoms. The lowest BCUT2D eigenvalue weighted by Gasteiger charge is -2.44. The van der Waals surface area contributed by atoms with Gasteiger partial charge < -0.3 is 10.2 Å². The standard InChI is InChI=1S/C23H39BrO2/c1-5-6-9-19(17(3)15-25)22(26)13-16(2)20-10-11-21-18(14-24)8-7-12-23(20,21)4/h14,16,19-22,25-26H,3,5-13,15H2,1-2,4H3/b18-14+/t16-,19-,20-,21+,22+,23-/m1/s1. The number of hydrogen-bond donors (Lipinski definition) is 2. The van der Waals surface area contributed by atoms with Crippen molar-refractivity contribution in [2.24, 2.45) is 29.1 Å². The van der Waals surface area contributed by atoms with E-state index < -0.39 is 0 Å². The molecule has 2 N–H and O–H groups in total. The molecule has 6 atom stereocenters. The molecule has 0 aromatic rings. The van der Waals surface area contributed by atoms with Crippen molar-refractivity contribution >= 4 is 15.9 Å². The topological polar surface area (TPSA) is 40.5 Å². The number of fused-ring (bicyclic) bond motifs is 1. The second kappa shape index (κ2) is 9.89. The number of unbranched alkanes of at least 4 members (excludes halogenated alkanes) is 1. The van der Waals surface area contributed by atoms with E-state index in [1.54, 1.807) is 5.57 Å². The highest BCUT2D eigenvalue weighted by Crippen LogP contribution is 2.60. The number of halogens is 1. The molecule has 0 aliphatic heterocycles. The van der Waals surface area contributed by atoms with Gasteiger partial charge in [0.2, 0.25) is 0 Å². The Labute approximate surface area is 169 Å². The highest BCUT2D eigenvalue weighted by Gasteiger charge is 2.50. The van der Waals surface area contributed by atoms with Crippen LogP contribution >= 0.6 is 15.9 Å². The number of rotatable bonds is 9. The first kappa shape index (κ1) is 22.2. The summed E-state index contributed by atoms with van der Waals surface area (Å²) in [5.74, 6) is 1.93. The molecule has 0 aromatic carbocycles. The third-order valence-corrected chi connectivity index (χ3v) is 8.13. The molecule has 0 heterocycles. The van der Waals surface area contributed by atoms with E-state index in [0.717, 1.165) is 31.3 Å². The molecule has 2 saturated carbocycles. The first-order valence-corrected chi connectivity index (χ1v) is 11.6. The zero-order valence-corrected chi connectivity index (χ0v) is 18.6. The van der Waals surface area contributed by atoms with Crippen molar-refractivity contribution in [3.63, 3.8) is 0 Å². The summed E-state index contributed by atoms with van der Waals surface area (Å²) < 4.78 is 0. The molecular formula is C23H39BrO2. The van der Waals surface area contributed by atoms with Crippen molar-refractivity contribution in [1.29, 1.82) is 0 Å². The molecule has 0 radical (unpaired) electrons. The van der Waals surface area contributed by atoms with Crippen LogP contribution in [0.3, 0.4) is 0 Å². The van der Waals surface area contributed by atoms with Crippen LogP contribution in [0.5, 0.6) is 0 Å². The van der Waals surface area contributed by atoms with Gasteiger partial charge in [-0.3, -0.25) is 0 Å². The van der Waals surface area contributed by atoms with Crippen LogP contribution in [0.2, 0.25) is 0 Å². The molecule has 0 amide bonds. The molecule has 2 aliphatic rings. The van der Waals surface area contributed by atoms with Crippen molar-refractivity contribution in [3.8, 4) is 0 Å². The average molecular weight is 427 g/mol. The molecule has 26 heavy (non-hydrogen) atoms. The van der Waals surface area contributed by atoms with E-state index in [1.807, 2.05) is 0 Å². The van der Waals surface area contributed by atoms with Crippen LogP contribution in [0.25, 0.3) is 0 Å². The zero-order chi connectivity index (χ0) is 19.3. The lowest BCUT2D eigenvalue weighted by molar-refractivity contribution is 0.0430. The molecule has 0 aromatic heterocycles. The normalized spacial score (nSPS) is 33.7. The SMILES string of the molecule is C=C(CO)[C@@H](CCCC)[C@@H](O)C[C@@H](C)[C@H]1CC[C@H]2/C(=C/Br)CCC[C@]12C. The first-order valence-electron chi connectivity index (χ1n) is 10.6. The Morgan fingerprint density at radius 2 is 2.15 bits per heavy atom. The Kier molecular flexibility index (Phi) is 8.43. The van der Waals surface area contributed by atoms with E-state index in [0.29, 0.717) is 23.2 Å². The Morgan fingerprint density at radius 3 is 2.77 bits per heavy atom. The largest absolute Gasteiger partial charge is 0.392 e. The third-order valence-electron chi connectivity index (χ3n) is 7.54. The van der Waals surface area contributed by atoms with E-state index in [4.69, 9.17) is 0 Å². The van der Waals surface area contributed by atoms with Crippen LogP contribution in [-0.4, -0.2) is 22.9 Å². The number of hydrogen-bond acceptors (Lipinski definition) is 2. The van der Waals surface area contributed by atoms with Gasteiger partial charge in [-0.05, 0) is 78.7 Å². The molecule has 0 unspecified atom stereocenters. The lowest BCUT2D eigenvalue weighted by atomic mass is 9.61. The summed E-state index contributed by atoms with van der Waals surface area (Å²) in [6.45, 7) is 11.0. The summed E-state index contributed by atoms with van der Waals surface area (Å²) >= 11 is 3.60. The summed E-state index contributed by atoms with van der Waals surface area (Å²) in [7, 11) is 0. The van der Waals surface area contributed by atoms with Crippen molar-refractivity contribution in [1.82, 2.24) is 0 Å². The van der Waals surface area contributed by atoms with E-state index in [2.05, 4.69) is 48.3 Å². The number of aliphatic hydroxyl groups is 2. The minimum Gasteiger partial charge on any atom is -0.392 e. The van der Waals surface area contributed by atoms with Gasteiger partial charge in [0.05, 0.1) is 12.7 Å². The fraction of sp³-hybridized carbons (Fsp3) is 0.826. The predicted molar refractivity (Wildman–Crippen MR) is 114 cm³/mol. The summed E-state index contributed by atoms with van der Waals surface area (Å²) in [6, 6.07) is 0. The minimum absolute atomic E-state index is 0.0115. The van der Waals surface area contributed by atoms with Gasteiger partial charge >= 0.3 is 0 Å². The van der Waals surface area contributed by atoms with E-state index in [1.165, 1.54) is 32.1 Å². The van der Waals surface area contributed by atoms with Gasteiger partial charge in [-0.25, -0.2) is 0 Å². The fourth-order valence-electron chi connectivity index (χ4n) is 6.06. The van der Waals surface area contributed by atoms with Crippen molar-refractivity contribution < 1.29 is 10.2 Å². The van der Waals surface area contributed by atoms with E-state index in [-0.39, 0.29) is 18.6 Å². The highest BCUT2D eigenvalue weighted by atomic mass is 79.9. The number of allylic oxidation sites excluding steroid dienone is 1. The van der Waals surface area contributed by atoms with Gasteiger partial charge in [-0.1, -0.05) is 61.7 Å². The maximum atomic E-state index is 11.0. The number of aliphatic hydroxyl groups excluding tert-OH is 2. The predicted octanol–water partition coefficient (Wildman–Crippen LogP) is 6.22. The van der Waals surface area contributed by atoms with Gasteiger partial charge in [0, 0.05) is 5.92 Å². The second-order valence-corrected chi connectivity index (χ2v) is 9.58. The van der Waals surface area contributed by atoms with Crippen molar-refractivity contribution in [3.05, 3.63) is 22.7 Å². The Hall–Kier alpha value is -0.120. The summed E-state index contributed by atoms with van der Waals surface area (Å²) in [5, 5.41) is 20.5. The molecule has 2 rings (SSSR count).